The maximum absolute atomic E-state index is 12.9. The summed E-state index contributed by atoms with van der Waals surface area (Å²) in [7, 11) is 0. The van der Waals surface area contributed by atoms with Crippen LogP contribution in [0.2, 0.25) is 0 Å². The molecule has 3 rings (SSSR count). The van der Waals surface area contributed by atoms with Gasteiger partial charge in [0.2, 0.25) is 0 Å². The van der Waals surface area contributed by atoms with Crippen LogP contribution in [0.3, 0.4) is 0 Å². The predicted octanol–water partition coefficient (Wildman–Crippen LogP) is 4.97. The zero-order chi connectivity index (χ0) is 18.4. The van der Waals surface area contributed by atoms with E-state index in [2.05, 4.69) is 5.32 Å². The minimum atomic E-state index is -0.329. The minimum Gasteiger partial charge on any atom is -0.462 e. The molecule has 142 valence electrons. The summed E-state index contributed by atoms with van der Waals surface area (Å²) < 4.78 is 23.7. The summed E-state index contributed by atoms with van der Waals surface area (Å²) in [6.07, 6.45) is 0. The molecule has 6 heteroatoms. The number of carbonyl (C=O) groups excluding carboxylic acids is 1. The molecule has 27 heavy (non-hydrogen) atoms. The molecule has 0 fully saturated rings. The number of esters is 1. The Kier molecular flexibility index (Phi) is 7.58. The van der Waals surface area contributed by atoms with E-state index in [1.807, 2.05) is 24.3 Å². The third kappa shape index (κ3) is 5.67. The van der Waals surface area contributed by atoms with E-state index in [1.165, 1.54) is 12.1 Å². The standard InChI is InChI=1S/C21H20FNO3.ClH/c1-2-25-21(24)17-7-5-16(6-8-17)20-12-11-19(26-20)14-23-13-15-3-9-18(22)10-4-15;/h3-12,23H,2,13-14H2,1H3;1H. The summed E-state index contributed by atoms with van der Waals surface area (Å²) in [6, 6.07) is 17.3. The van der Waals surface area contributed by atoms with Crippen LogP contribution < -0.4 is 5.32 Å². The van der Waals surface area contributed by atoms with Gasteiger partial charge in [-0.2, -0.15) is 0 Å². The number of hydrogen-bond acceptors (Lipinski definition) is 4. The summed E-state index contributed by atoms with van der Waals surface area (Å²) >= 11 is 0. The van der Waals surface area contributed by atoms with Gasteiger partial charge in [-0.3, -0.25) is 0 Å². The number of furan rings is 1. The molecule has 1 N–H and O–H groups in total. The van der Waals surface area contributed by atoms with Gasteiger partial charge in [-0.05, 0) is 48.9 Å². The Hall–Kier alpha value is -2.63. The van der Waals surface area contributed by atoms with Crippen LogP contribution in [0.15, 0.2) is 65.1 Å². The maximum Gasteiger partial charge on any atom is 0.338 e. The van der Waals surface area contributed by atoms with Gasteiger partial charge in [-0.15, -0.1) is 12.4 Å². The zero-order valence-corrected chi connectivity index (χ0v) is 15.7. The van der Waals surface area contributed by atoms with Crippen LogP contribution >= 0.6 is 12.4 Å². The number of benzene rings is 2. The van der Waals surface area contributed by atoms with Crippen molar-refractivity contribution in [2.24, 2.45) is 0 Å². The van der Waals surface area contributed by atoms with Crippen LogP contribution in [0.25, 0.3) is 11.3 Å². The molecule has 0 saturated heterocycles. The highest BCUT2D eigenvalue weighted by molar-refractivity contribution is 5.89. The molecule has 0 spiro atoms. The fraction of sp³-hybridized carbons (Fsp3) is 0.190. The van der Waals surface area contributed by atoms with Gasteiger partial charge in [0.15, 0.2) is 0 Å². The van der Waals surface area contributed by atoms with Gasteiger partial charge in [0, 0.05) is 12.1 Å². The fourth-order valence-corrected chi connectivity index (χ4v) is 2.55. The number of hydrogen-bond donors (Lipinski definition) is 1. The second-order valence-electron chi connectivity index (χ2n) is 5.79. The van der Waals surface area contributed by atoms with Crippen LogP contribution in [0.5, 0.6) is 0 Å². The molecule has 0 amide bonds. The van der Waals surface area contributed by atoms with Crippen molar-refractivity contribution < 1.29 is 18.3 Å². The van der Waals surface area contributed by atoms with Crippen LogP contribution in [-0.2, 0) is 17.8 Å². The van der Waals surface area contributed by atoms with E-state index in [0.717, 1.165) is 22.6 Å². The number of halogens is 2. The lowest BCUT2D eigenvalue weighted by molar-refractivity contribution is 0.0526. The molecule has 3 aromatic rings. The molecule has 1 aromatic heterocycles. The van der Waals surface area contributed by atoms with Gasteiger partial charge in [0.25, 0.3) is 0 Å². The Bertz CT molecular complexity index is 860. The van der Waals surface area contributed by atoms with Gasteiger partial charge in [0.05, 0.1) is 18.7 Å². The van der Waals surface area contributed by atoms with Crippen LogP contribution in [-0.4, -0.2) is 12.6 Å². The Morgan fingerprint density at radius 2 is 1.70 bits per heavy atom. The normalized spacial score (nSPS) is 10.3. The van der Waals surface area contributed by atoms with E-state index in [9.17, 15) is 9.18 Å². The second kappa shape index (κ2) is 9.90. The van der Waals surface area contributed by atoms with E-state index >= 15 is 0 Å². The molecule has 1 heterocycles. The van der Waals surface area contributed by atoms with Gasteiger partial charge in [0.1, 0.15) is 17.3 Å². The van der Waals surface area contributed by atoms with Crippen molar-refractivity contribution in [2.45, 2.75) is 20.0 Å². The highest BCUT2D eigenvalue weighted by atomic mass is 35.5. The smallest absolute Gasteiger partial charge is 0.338 e. The topological polar surface area (TPSA) is 51.5 Å². The number of rotatable bonds is 7. The molecule has 0 aliphatic rings. The van der Waals surface area contributed by atoms with Gasteiger partial charge in [-0.25, -0.2) is 9.18 Å². The van der Waals surface area contributed by atoms with Crippen molar-refractivity contribution in [3.63, 3.8) is 0 Å². The molecule has 0 saturated carbocycles. The molecule has 0 radical (unpaired) electrons. The average molecular weight is 390 g/mol. The summed E-state index contributed by atoms with van der Waals surface area (Å²) in [5.41, 5.74) is 2.42. The summed E-state index contributed by atoms with van der Waals surface area (Å²) in [6.45, 7) is 3.33. The van der Waals surface area contributed by atoms with E-state index in [1.54, 1.807) is 31.2 Å². The largest absolute Gasteiger partial charge is 0.462 e. The second-order valence-corrected chi connectivity index (χ2v) is 5.79. The van der Waals surface area contributed by atoms with Crippen LogP contribution in [0.4, 0.5) is 4.39 Å². The first-order valence-corrected chi connectivity index (χ1v) is 8.47. The summed E-state index contributed by atoms with van der Waals surface area (Å²) in [5.74, 6) is 0.971. The quantitative estimate of drug-likeness (QED) is 0.579. The Balaban J connectivity index is 0.00000261. The molecule has 0 unspecified atom stereocenters. The van der Waals surface area contributed by atoms with Crippen molar-refractivity contribution >= 4 is 18.4 Å². The molecule has 0 aliphatic heterocycles. The number of ether oxygens (including phenoxy) is 1. The molecule has 2 aromatic carbocycles. The highest BCUT2D eigenvalue weighted by Gasteiger charge is 2.09. The first kappa shape index (κ1) is 20.7. The summed E-state index contributed by atoms with van der Waals surface area (Å²) in [5, 5.41) is 3.26. The number of carbonyl (C=O) groups is 1. The summed E-state index contributed by atoms with van der Waals surface area (Å²) in [4.78, 5) is 11.7. The Morgan fingerprint density at radius 3 is 2.37 bits per heavy atom. The van der Waals surface area contributed by atoms with Gasteiger partial charge < -0.3 is 14.5 Å². The van der Waals surface area contributed by atoms with E-state index in [4.69, 9.17) is 9.15 Å². The molecule has 0 atom stereocenters. The SMILES string of the molecule is CCOC(=O)c1ccc(-c2ccc(CNCc3ccc(F)cc3)o2)cc1.Cl. The predicted molar refractivity (Wildman–Crippen MR) is 104 cm³/mol. The minimum absolute atomic E-state index is 0. The first-order valence-electron chi connectivity index (χ1n) is 8.47. The van der Waals surface area contributed by atoms with E-state index in [-0.39, 0.29) is 24.2 Å². The zero-order valence-electron chi connectivity index (χ0n) is 14.9. The van der Waals surface area contributed by atoms with Crippen molar-refractivity contribution in [2.75, 3.05) is 6.61 Å². The van der Waals surface area contributed by atoms with Gasteiger partial charge in [-0.1, -0.05) is 24.3 Å². The lowest BCUT2D eigenvalue weighted by Crippen LogP contribution is -2.11. The molecule has 0 bridgehead atoms. The third-order valence-corrected chi connectivity index (χ3v) is 3.88. The van der Waals surface area contributed by atoms with Crippen molar-refractivity contribution in [3.8, 4) is 11.3 Å². The third-order valence-electron chi connectivity index (χ3n) is 3.88. The van der Waals surface area contributed by atoms with E-state index < -0.39 is 0 Å². The monoisotopic (exact) mass is 389 g/mol. The fourth-order valence-electron chi connectivity index (χ4n) is 2.55. The van der Waals surface area contributed by atoms with Gasteiger partial charge >= 0.3 is 5.97 Å². The van der Waals surface area contributed by atoms with Crippen LogP contribution in [0, 0.1) is 5.82 Å². The van der Waals surface area contributed by atoms with E-state index in [0.29, 0.717) is 25.3 Å². The average Bonchev–Trinajstić information content (AvgIpc) is 3.13. The van der Waals surface area contributed by atoms with Crippen molar-refractivity contribution in [1.29, 1.82) is 0 Å². The first-order chi connectivity index (χ1) is 12.7. The molecular formula is C21H21ClFNO3. The van der Waals surface area contributed by atoms with Crippen LogP contribution in [0.1, 0.15) is 28.6 Å². The van der Waals surface area contributed by atoms with Crippen molar-refractivity contribution in [1.82, 2.24) is 5.32 Å². The lowest BCUT2D eigenvalue weighted by Gasteiger charge is -2.04. The maximum atomic E-state index is 12.9. The lowest BCUT2D eigenvalue weighted by atomic mass is 10.1. The Morgan fingerprint density at radius 1 is 1.00 bits per heavy atom. The number of nitrogens with one attached hydrogen (secondary N) is 1. The van der Waals surface area contributed by atoms with Crippen molar-refractivity contribution in [3.05, 3.63) is 83.4 Å². The molecule has 4 nitrogen and oxygen atoms in total. The molecule has 0 aliphatic carbocycles. The molecular weight excluding hydrogens is 369 g/mol. The highest BCUT2D eigenvalue weighted by Crippen LogP contribution is 2.23. The Labute approximate surface area is 163 Å².